The quantitative estimate of drug-likeness (QED) is 0.307. The second-order valence-corrected chi connectivity index (χ2v) is 15.9. The van der Waals surface area contributed by atoms with Crippen molar-refractivity contribution in [2.24, 2.45) is 5.92 Å². The lowest BCUT2D eigenvalue weighted by Gasteiger charge is -2.39. The van der Waals surface area contributed by atoms with Crippen molar-refractivity contribution in [2.75, 3.05) is 39.0 Å². The number of urea groups is 1. The van der Waals surface area contributed by atoms with Crippen LogP contribution in [-0.2, 0) is 14.6 Å². The average molecular weight is 651 g/mol. The van der Waals surface area contributed by atoms with E-state index in [-0.39, 0.29) is 28.8 Å². The van der Waals surface area contributed by atoms with Crippen LogP contribution in [0.5, 0.6) is 0 Å². The molecule has 2 heterocycles. The molecule has 0 radical (unpaired) electrons. The molecule has 2 aliphatic heterocycles. The molecule has 3 aliphatic rings. The van der Waals surface area contributed by atoms with Gasteiger partial charge in [-0.15, -0.1) is 0 Å². The van der Waals surface area contributed by atoms with E-state index in [4.69, 9.17) is 0 Å². The van der Waals surface area contributed by atoms with Crippen LogP contribution in [0.3, 0.4) is 0 Å². The first kappa shape index (κ1) is 34.4. The minimum absolute atomic E-state index is 0.0240. The van der Waals surface area contributed by atoms with Crippen LogP contribution in [0.1, 0.15) is 101 Å². The maximum Gasteiger partial charge on any atom is 0.317 e. The van der Waals surface area contributed by atoms with Crippen LogP contribution in [0.25, 0.3) is 0 Å². The summed E-state index contributed by atoms with van der Waals surface area (Å²) in [5, 5.41) is 6.60. The first-order valence-electron chi connectivity index (χ1n) is 17.6. The average Bonchev–Trinajstić information content (AvgIpc) is 3.07. The van der Waals surface area contributed by atoms with Gasteiger partial charge in [-0.05, 0) is 93.0 Å². The molecule has 1 saturated carbocycles. The number of hydrogen-bond donors (Lipinski definition) is 2. The van der Waals surface area contributed by atoms with Crippen molar-refractivity contribution < 1.29 is 18.0 Å². The Bertz CT molecular complexity index is 1360. The third kappa shape index (κ3) is 9.34. The predicted octanol–water partition coefficient (Wildman–Crippen LogP) is 6.09. The van der Waals surface area contributed by atoms with Gasteiger partial charge in [0.15, 0.2) is 9.84 Å². The minimum Gasteiger partial charge on any atom is -0.353 e. The Hall–Kier alpha value is -2.91. The Labute approximate surface area is 276 Å². The summed E-state index contributed by atoms with van der Waals surface area (Å²) >= 11 is 0. The standard InChI is InChI=1S/C37H54N4O4S/c1-3-34(29-14-16-33(17-15-29)46(2,44)45)36(42)38-32-20-23-40(24-21-32)25-22-35(28-10-6-4-7-11-28)30-18-26-41(27-19-30)37(43)39-31-12-8-5-9-13-31/h4,6-7,10-11,14-17,30-32,34-35H,3,5,8-9,12-13,18-27H2,1-2H3,(H,38,42)(H,39,43). The van der Waals surface area contributed by atoms with Crippen LogP contribution in [0.2, 0.25) is 0 Å². The van der Waals surface area contributed by atoms with Gasteiger partial charge in [-0.25, -0.2) is 13.2 Å². The Morgan fingerprint density at radius 2 is 1.41 bits per heavy atom. The second kappa shape index (κ2) is 16.3. The van der Waals surface area contributed by atoms with Gasteiger partial charge < -0.3 is 20.4 Å². The molecule has 1 aliphatic carbocycles. The summed E-state index contributed by atoms with van der Waals surface area (Å²) in [6.45, 7) is 6.62. The topological polar surface area (TPSA) is 98.8 Å². The van der Waals surface area contributed by atoms with E-state index in [2.05, 4.69) is 45.9 Å². The van der Waals surface area contributed by atoms with E-state index >= 15 is 0 Å². The van der Waals surface area contributed by atoms with Gasteiger partial charge in [0.25, 0.3) is 0 Å². The van der Waals surface area contributed by atoms with Crippen LogP contribution in [0.15, 0.2) is 59.5 Å². The molecular weight excluding hydrogens is 596 g/mol. The van der Waals surface area contributed by atoms with Crippen molar-refractivity contribution in [2.45, 2.75) is 106 Å². The Balaban J connectivity index is 1.09. The zero-order chi connectivity index (χ0) is 32.5. The fourth-order valence-electron chi connectivity index (χ4n) is 7.84. The van der Waals surface area contributed by atoms with E-state index in [1.807, 2.05) is 11.8 Å². The van der Waals surface area contributed by atoms with Gasteiger partial charge in [-0.3, -0.25) is 4.79 Å². The van der Waals surface area contributed by atoms with Gasteiger partial charge >= 0.3 is 6.03 Å². The van der Waals surface area contributed by atoms with E-state index in [0.29, 0.717) is 24.3 Å². The molecule has 2 aromatic carbocycles. The van der Waals surface area contributed by atoms with Crippen LogP contribution in [-0.4, -0.2) is 81.2 Å². The van der Waals surface area contributed by atoms with Crippen molar-refractivity contribution in [3.63, 3.8) is 0 Å². The Kier molecular flexibility index (Phi) is 12.2. The molecule has 252 valence electrons. The number of benzene rings is 2. The molecule has 9 heteroatoms. The third-order valence-electron chi connectivity index (χ3n) is 10.7. The number of nitrogens with one attached hydrogen (secondary N) is 2. The molecule has 3 amide bonds. The number of hydrogen-bond acceptors (Lipinski definition) is 5. The molecule has 0 spiro atoms. The molecule has 2 atom stereocenters. The molecule has 5 rings (SSSR count). The van der Waals surface area contributed by atoms with E-state index < -0.39 is 9.84 Å². The highest BCUT2D eigenvalue weighted by molar-refractivity contribution is 7.90. The minimum atomic E-state index is -3.26. The molecule has 3 fully saturated rings. The molecular formula is C37H54N4O4S. The summed E-state index contributed by atoms with van der Waals surface area (Å²) in [7, 11) is -3.26. The lowest BCUT2D eigenvalue weighted by molar-refractivity contribution is -0.123. The molecule has 2 saturated heterocycles. The van der Waals surface area contributed by atoms with E-state index in [9.17, 15) is 18.0 Å². The Morgan fingerprint density at radius 1 is 0.783 bits per heavy atom. The SMILES string of the molecule is CCC(C(=O)NC1CCN(CCC(c2ccccc2)C2CCN(C(=O)NC3CCCCC3)CC2)CC1)c1ccc(S(C)(=O)=O)cc1. The summed E-state index contributed by atoms with van der Waals surface area (Å²) in [5.41, 5.74) is 2.26. The number of piperidine rings is 2. The number of sulfone groups is 1. The van der Waals surface area contributed by atoms with Crippen molar-refractivity contribution in [3.8, 4) is 0 Å². The monoisotopic (exact) mass is 650 g/mol. The van der Waals surface area contributed by atoms with Crippen molar-refractivity contribution in [1.29, 1.82) is 0 Å². The zero-order valence-corrected chi connectivity index (χ0v) is 28.6. The molecule has 46 heavy (non-hydrogen) atoms. The number of carbonyl (C=O) groups is 2. The fourth-order valence-corrected chi connectivity index (χ4v) is 8.47. The predicted molar refractivity (Wildman–Crippen MR) is 184 cm³/mol. The molecule has 2 unspecified atom stereocenters. The van der Waals surface area contributed by atoms with Gasteiger partial charge in [0.1, 0.15) is 0 Å². The normalized spacial score (nSPS) is 20.6. The summed E-state index contributed by atoms with van der Waals surface area (Å²) < 4.78 is 23.7. The molecule has 8 nitrogen and oxygen atoms in total. The van der Waals surface area contributed by atoms with Gasteiger partial charge in [-0.2, -0.15) is 0 Å². The van der Waals surface area contributed by atoms with Crippen molar-refractivity contribution >= 4 is 21.8 Å². The smallest absolute Gasteiger partial charge is 0.317 e. The van der Waals surface area contributed by atoms with Gasteiger partial charge in [0.05, 0.1) is 10.8 Å². The number of amides is 3. The highest BCUT2D eigenvalue weighted by Gasteiger charge is 2.31. The number of nitrogens with zero attached hydrogens (tertiary/aromatic N) is 2. The number of carbonyl (C=O) groups excluding carboxylic acids is 2. The molecule has 0 aromatic heterocycles. The summed E-state index contributed by atoms with van der Waals surface area (Å²) in [5.74, 6) is 0.774. The Morgan fingerprint density at radius 3 is 2.02 bits per heavy atom. The van der Waals surface area contributed by atoms with Gasteiger partial charge in [-0.1, -0.05) is 68.7 Å². The largest absolute Gasteiger partial charge is 0.353 e. The van der Waals surface area contributed by atoms with Crippen LogP contribution in [0, 0.1) is 5.92 Å². The molecule has 2 aromatic rings. The van der Waals surface area contributed by atoms with Gasteiger partial charge in [0, 0.05) is 44.5 Å². The summed E-state index contributed by atoms with van der Waals surface area (Å²) in [6, 6.07) is 18.3. The van der Waals surface area contributed by atoms with Crippen LogP contribution in [0.4, 0.5) is 4.79 Å². The highest BCUT2D eigenvalue weighted by Crippen LogP contribution is 2.36. The second-order valence-electron chi connectivity index (χ2n) is 13.8. The number of rotatable bonds is 11. The first-order chi connectivity index (χ1) is 22.2. The zero-order valence-electron chi connectivity index (χ0n) is 27.8. The van der Waals surface area contributed by atoms with Crippen molar-refractivity contribution in [1.82, 2.24) is 20.4 Å². The molecule has 2 N–H and O–H groups in total. The molecule has 0 bridgehead atoms. The van der Waals surface area contributed by atoms with E-state index in [1.165, 1.54) is 31.1 Å². The number of likely N-dealkylation sites (tertiary alicyclic amines) is 2. The van der Waals surface area contributed by atoms with Gasteiger partial charge in [0.2, 0.25) is 5.91 Å². The third-order valence-corrected chi connectivity index (χ3v) is 11.8. The fraction of sp³-hybridized carbons (Fsp3) is 0.622. The van der Waals surface area contributed by atoms with E-state index in [0.717, 1.165) is 83.2 Å². The summed E-state index contributed by atoms with van der Waals surface area (Å²) in [6.07, 6.45) is 12.9. The maximum absolute atomic E-state index is 13.2. The highest BCUT2D eigenvalue weighted by atomic mass is 32.2. The lowest BCUT2D eigenvalue weighted by Crippen LogP contribution is -2.49. The van der Waals surface area contributed by atoms with Crippen LogP contribution >= 0.6 is 0 Å². The van der Waals surface area contributed by atoms with Crippen molar-refractivity contribution in [3.05, 3.63) is 65.7 Å². The summed E-state index contributed by atoms with van der Waals surface area (Å²) in [4.78, 5) is 31.1. The van der Waals surface area contributed by atoms with Crippen LogP contribution < -0.4 is 10.6 Å². The maximum atomic E-state index is 13.2. The first-order valence-corrected chi connectivity index (χ1v) is 19.5. The van der Waals surface area contributed by atoms with E-state index in [1.54, 1.807) is 24.3 Å². The lowest BCUT2D eigenvalue weighted by atomic mass is 9.78.